The number of hydrogen-bond donors (Lipinski definition) is 1. The van der Waals surface area contributed by atoms with Crippen molar-refractivity contribution in [1.82, 2.24) is 5.32 Å². The second-order valence-electron chi connectivity index (χ2n) is 4.90. The van der Waals surface area contributed by atoms with E-state index in [1.165, 1.54) is 11.1 Å². The smallest absolute Gasteiger partial charge is 0.0721 e. The van der Waals surface area contributed by atoms with E-state index in [4.69, 9.17) is 9.47 Å². The zero-order valence-electron chi connectivity index (χ0n) is 10.2. The molecule has 2 aliphatic rings. The molecule has 3 heteroatoms. The van der Waals surface area contributed by atoms with E-state index in [0.717, 1.165) is 26.2 Å². The van der Waals surface area contributed by atoms with E-state index in [-0.39, 0.29) is 0 Å². The Morgan fingerprint density at radius 2 is 2.18 bits per heavy atom. The van der Waals surface area contributed by atoms with Crippen LogP contribution in [0, 0.1) is 0 Å². The van der Waals surface area contributed by atoms with Crippen molar-refractivity contribution in [3.63, 3.8) is 0 Å². The van der Waals surface area contributed by atoms with Crippen molar-refractivity contribution in [2.45, 2.75) is 38.1 Å². The Kier molecular flexibility index (Phi) is 3.14. The molecule has 1 aromatic carbocycles. The normalized spacial score (nSPS) is 32.4. The number of benzene rings is 1. The summed E-state index contributed by atoms with van der Waals surface area (Å²) < 4.78 is 11.2. The minimum atomic E-state index is 0.309. The summed E-state index contributed by atoms with van der Waals surface area (Å²) in [7, 11) is 0. The first kappa shape index (κ1) is 11.2. The predicted molar refractivity (Wildman–Crippen MR) is 65.8 cm³/mol. The second-order valence-corrected chi connectivity index (χ2v) is 4.90. The molecule has 3 rings (SSSR count). The molecule has 92 valence electrons. The summed E-state index contributed by atoms with van der Waals surface area (Å²) >= 11 is 0. The molecule has 2 heterocycles. The SMILES string of the molecule is CC1OCCC1NC1COCc2ccccc21. The van der Waals surface area contributed by atoms with E-state index in [1.807, 2.05) is 0 Å². The quantitative estimate of drug-likeness (QED) is 0.847. The summed E-state index contributed by atoms with van der Waals surface area (Å²) in [6.45, 7) is 4.51. The molecule has 0 radical (unpaired) electrons. The van der Waals surface area contributed by atoms with Crippen LogP contribution in [0.3, 0.4) is 0 Å². The van der Waals surface area contributed by atoms with E-state index < -0.39 is 0 Å². The maximum atomic E-state index is 5.65. The Bertz CT molecular complexity index is 394. The van der Waals surface area contributed by atoms with Crippen molar-refractivity contribution < 1.29 is 9.47 Å². The maximum Gasteiger partial charge on any atom is 0.0721 e. The van der Waals surface area contributed by atoms with Crippen LogP contribution in [0.5, 0.6) is 0 Å². The first-order chi connectivity index (χ1) is 8.34. The maximum absolute atomic E-state index is 5.65. The first-order valence-corrected chi connectivity index (χ1v) is 6.38. The highest BCUT2D eigenvalue weighted by Gasteiger charge is 2.29. The monoisotopic (exact) mass is 233 g/mol. The molecular formula is C14H19NO2. The molecule has 1 aromatic rings. The van der Waals surface area contributed by atoms with Gasteiger partial charge in [0, 0.05) is 12.6 Å². The minimum absolute atomic E-state index is 0.309. The Morgan fingerprint density at radius 1 is 1.29 bits per heavy atom. The number of rotatable bonds is 2. The van der Waals surface area contributed by atoms with Crippen molar-refractivity contribution >= 4 is 0 Å². The van der Waals surface area contributed by atoms with Crippen molar-refractivity contribution in [2.75, 3.05) is 13.2 Å². The zero-order chi connectivity index (χ0) is 11.7. The van der Waals surface area contributed by atoms with Crippen LogP contribution >= 0.6 is 0 Å². The number of hydrogen-bond acceptors (Lipinski definition) is 3. The molecule has 1 N–H and O–H groups in total. The summed E-state index contributed by atoms with van der Waals surface area (Å²) in [6, 6.07) is 9.30. The van der Waals surface area contributed by atoms with Gasteiger partial charge in [0.05, 0.1) is 25.4 Å². The van der Waals surface area contributed by atoms with Crippen LogP contribution in [0.4, 0.5) is 0 Å². The number of ether oxygens (including phenoxy) is 2. The van der Waals surface area contributed by atoms with Crippen molar-refractivity contribution in [1.29, 1.82) is 0 Å². The van der Waals surface area contributed by atoms with Crippen molar-refractivity contribution in [3.8, 4) is 0 Å². The van der Waals surface area contributed by atoms with Crippen LogP contribution in [0.15, 0.2) is 24.3 Å². The molecule has 0 aliphatic carbocycles. The molecule has 1 fully saturated rings. The lowest BCUT2D eigenvalue weighted by molar-refractivity contribution is 0.0686. The van der Waals surface area contributed by atoms with Gasteiger partial charge in [0.2, 0.25) is 0 Å². The van der Waals surface area contributed by atoms with E-state index in [2.05, 4.69) is 36.5 Å². The third-order valence-electron chi connectivity index (χ3n) is 3.76. The van der Waals surface area contributed by atoms with Crippen LogP contribution < -0.4 is 5.32 Å². The highest BCUT2D eigenvalue weighted by molar-refractivity contribution is 5.31. The average molecular weight is 233 g/mol. The lowest BCUT2D eigenvalue weighted by atomic mass is 9.97. The topological polar surface area (TPSA) is 30.5 Å². The Balaban J connectivity index is 1.76. The van der Waals surface area contributed by atoms with Crippen LogP contribution in [-0.2, 0) is 16.1 Å². The van der Waals surface area contributed by atoms with Gasteiger partial charge in [0.15, 0.2) is 0 Å². The van der Waals surface area contributed by atoms with Crippen LogP contribution in [-0.4, -0.2) is 25.4 Å². The van der Waals surface area contributed by atoms with Gasteiger partial charge < -0.3 is 14.8 Å². The zero-order valence-corrected chi connectivity index (χ0v) is 10.2. The van der Waals surface area contributed by atoms with Gasteiger partial charge in [-0.05, 0) is 24.5 Å². The van der Waals surface area contributed by atoms with E-state index in [0.29, 0.717) is 18.2 Å². The standard InChI is InChI=1S/C14H19NO2/c1-10-13(6-7-17-10)15-14-9-16-8-11-4-2-3-5-12(11)14/h2-5,10,13-15H,6-9H2,1H3. The number of fused-ring (bicyclic) bond motifs is 1. The van der Waals surface area contributed by atoms with E-state index in [9.17, 15) is 0 Å². The van der Waals surface area contributed by atoms with Gasteiger partial charge >= 0.3 is 0 Å². The molecule has 3 unspecified atom stereocenters. The Hall–Kier alpha value is -0.900. The van der Waals surface area contributed by atoms with Crippen LogP contribution in [0.1, 0.15) is 30.5 Å². The molecule has 0 saturated carbocycles. The predicted octanol–water partition coefficient (Wildman–Crippen LogP) is 2.02. The van der Waals surface area contributed by atoms with Gasteiger partial charge in [-0.25, -0.2) is 0 Å². The molecule has 0 amide bonds. The summed E-state index contributed by atoms with van der Waals surface area (Å²) in [4.78, 5) is 0. The van der Waals surface area contributed by atoms with E-state index >= 15 is 0 Å². The third kappa shape index (κ3) is 2.23. The van der Waals surface area contributed by atoms with Gasteiger partial charge in [0.1, 0.15) is 0 Å². The largest absolute Gasteiger partial charge is 0.377 e. The fourth-order valence-electron chi connectivity index (χ4n) is 2.73. The molecule has 17 heavy (non-hydrogen) atoms. The number of nitrogens with one attached hydrogen (secondary N) is 1. The molecule has 3 atom stereocenters. The third-order valence-corrected chi connectivity index (χ3v) is 3.76. The fraction of sp³-hybridized carbons (Fsp3) is 0.571. The first-order valence-electron chi connectivity index (χ1n) is 6.38. The molecule has 1 saturated heterocycles. The minimum Gasteiger partial charge on any atom is -0.377 e. The molecule has 2 aliphatic heterocycles. The van der Waals surface area contributed by atoms with Crippen LogP contribution in [0.2, 0.25) is 0 Å². The molecule has 0 bridgehead atoms. The van der Waals surface area contributed by atoms with Crippen molar-refractivity contribution in [3.05, 3.63) is 35.4 Å². The lowest BCUT2D eigenvalue weighted by Crippen LogP contribution is -2.40. The molecule has 0 aromatic heterocycles. The highest BCUT2D eigenvalue weighted by atomic mass is 16.5. The van der Waals surface area contributed by atoms with Crippen molar-refractivity contribution in [2.24, 2.45) is 0 Å². The summed E-state index contributed by atoms with van der Waals surface area (Å²) in [5.74, 6) is 0. The van der Waals surface area contributed by atoms with Crippen LogP contribution in [0.25, 0.3) is 0 Å². The lowest BCUT2D eigenvalue weighted by Gasteiger charge is -2.30. The molecule has 3 nitrogen and oxygen atoms in total. The Morgan fingerprint density at radius 3 is 3.00 bits per heavy atom. The van der Waals surface area contributed by atoms with Gasteiger partial charge in [-0.15, -0.1) is 0 Å². The molecular weight excluding hydrogens is 214 g/mol. The highest BCUT2D eigenvalue weighted by Crippen LogP contribution is 2.26. The molecule has 0 spiro atoms. The van der Waals surface area contributed by atoms with Gasteiger partial charge in [-0.3, -0.25) is 0 Å². The van der Waals surface area contributed by atoms with Gasteiger partial charge in [-0.2, -0.15) is 0 Å². The fourth-order valence-corrected chi connectivity index (χ4v) is 2.73. The summed E-state index contributed by atoms with van der Waals surface area (Å²) in [5.41, 5.74) is 2.70. The van der Waals surface area contributed by atoms with Gasteiger partial charge in [0.25, 0.3) is 0 Å². The summed E-state index contributed by atoms with van der Waals surface area (Å²) in [5, 5.41) is 3.67. The average Bonchev–Trinajstić information content (AvgIpc) is 2.76. The van der Waals surface area contributed by atoms with E-state index in [1.54, 1.807) is 0 Å². The van der Waals surface area contributed by atoms with Gasteiger partial charge in [-0.1, -0.05) is 24.3 Å². The Labute approximate surface area is 102 Å². The summed E-state index contributed by atoms with van der Waals surface area (Å²) in [6.07, 6.45) is 1.41. The second kappa shape index (κ2) is 4.77.